The highest BCUT2D eigenvalue weighted by Crippen LogP contribution is 2.25. The van der Waals surface area contributed by atoms with E-state index in [1.165, 1.54) is 0 Å². The number of benzene rings is 1. The number of aliphatic hydroxyl groups is 1. The van der Waals surface area contributed by atoms with Crippen LogP contribution in [-0.2, 0) is 0 Å². The average molecular weight is 233 g/mol. The van der Waals surface area contributed by atoms with Crippen molar-refractivity contribution < 1.29 is 14.7 Å². The first-order valence-electron chi connectivity index (χ1n) is 5.73. The molecule has 2 amide bonds. The van der Waals surface area contributed by atoms with Gasteiger partial charge in [-0.15, -0.1) is 0 Å². The molecule has 1 N–H and O–H groups in total. The van der Waals surface area contributed by atoms with Crippen molar-refractivity contribution in [1.29, 1.82) is 0 Å². The number of hydrogen-bond donors (Lipinski definition) is 1. The van der Waals surface area contributed by atoms with Crippen molar-refractivity contribution in [3.8, 4) is 0 Å². The summed E-state index contributed by atoms with van der Waals surface area (Å²) in [5.74, 6) is -0.629. The third-order valence-electron chi connectivity index (χ3n) is 3.21. The summed E-state index contributed by atoms with van der Waals surface area (Å²) < 4.78 is 0. The molecule has 2 rings (SSSR count). The van der Waals surface area contributed by atoms with E-state index in [-0.39, 0.29) is 11.8 Å². The molecule has 2 atom stereocenters. The van der Waals surface area contributed by atoms with Crippen LogP contribution >= 0.6 is 0 Å². The maximum atomic E-state index is 12.1. The lowest BCUT2D eigenvalue weighted by atomic mass is 10.1. The molecule has 1 aliphatic rings. The number of rotatable bonds is 3. The van der Waals surface area contributed by atoms with Crippen molar-refractivity contribution in [3.63, 3.8) is 0 Å². The molecule has 1 aromatic carbocycles. The molecule has 1 aromatic rings. The smallest absolute Gasteiger partial charge is 0.261 e. The Hall–Kier alpha value is -1.68. The molecule has 0 saturated carbocycles. The zero-order valence-corrected chi connectivity index (χ0v) is 9.88. The summed E-state index contributed by atoms with van der Waals surface area (Å²) in [4.78, 5) is 25.3. The van der Waals surface area contributed by atoms with E-state index in [1.807, 2.05) is 6.92 Å². The van der Waals surface area contributed by atoms with Crippen LogP contribution in [0.1, 0.15) is 41.0 Å². The summed E-state index contributed by atoms with van der Waals surface area (Å²) in [7, 11) is 0. The second-order valence-corrected chi connectivity index (χ2v) is 4.24. The highest BCUT2D eigenvalue weighted by atomic mass is 16.3. The van der Waals surface area contributed by atoms with E-state index in [9.17, 15) is 14.7 Å². The number of nitrogens with zero attached hydrogens (tertiary/aromatic N) is 1. The highest BCUT2D eigenvalue weighted by Gasteiger charge is 2.39. The maximum absolute atomic E-state index is 12.1. The Balaban J connectivity index is 2.36. The number of carbonyl (C=O) groups excluding carboxylic acids is 2. The van der Waals surface area contributed by atoms with Crippen LogP contribution in [0.5, 0.6) is 0 Å². The van der Waals surface area contributed by atoms with Gasteiger partial charge in [0.05, 0.1) is 23.3 Å². The predicted octanol–water partition coefficient (Wildman–Crippen LogP) is 1.44. The summed E-state index contributed by atoms with van der Waals surface area (Å²) in [5.41, 5.74) is 0.848. The van der Waals surface area contributed by atoms with E-state index in [2.05, 4.69) is 0 Å². The standard InChI is InChI=1S/C13H15NO3/c1-3-11(15)8(2)14-12(16)9-6-4-5-7-10(9)13(14)17/h4-8,11,15H,3H2,1-2H3/t8-,11-/m0/s1. The van der Waals surface area contributed by atoms with E-state index < -0.39 is 12.1 Å². The number of hydrogen-bond acceptors (Lipinski definition) is 3. The van der Waals surface area contributed by atoms with Crippen molar-refractivity contribution in [2.75, 3.05) is 0 Å². The van der Waals surface area contributed by atoms with Crippen LogP contribution in [0.2, 0.25) is 0 Å². The van der Waals surface area contributed by atoms with Gasteiger partial charge in [-0.25, -0.2) is 0 Å². The Kier molecular flexibility index (Phi) is 2.98. The number of fused-ring (bicyclic) bond motifs is 1. The largest absolute Gasteiger partial charge is 0.391 e. The molecular weight excluding hydrogens is 218 g/mol. The normalized spacial score (nSPS) is 18.2. The van der Waals surface area contributed by atoms with Crippen LogP contribution in [0.4, 0.5) is 0 Å². The van der Waals surface area contributed by atoms with Crippen LogP contribution in [0.25, 0.3) is 0 Å². The zero-order chi connectivity index (χ0) is 12.6. The highest BCUT2D eigenvalue weighted by molar-refractivity contribution is 6.21. The summed E-state index contributed by atoms with van der Waals surface area (Å²) in [5, 5.41) is 9.76. The molecule has 1 aliphatic heterocycles. The van der Waals surface area contributed by atoms with E-state index in [4.69, 9.17) is 0 Å². The predicted molar refractivity (Wildman–Crippen MR) is 62.7 cm³/mol. The quantitative estimate of drug-likeness (QED) is 0.804. The van der Waals surface area contributed by atoms with E-state index in [0.717, 1.165) is 4.90 Å². The lowest BCUT2D eigenvalue weighted by Crippen LogP contribution is -2.44. The van der Waals surface area contributed by atoms with Gasteiger partial charge in [-0.1, -0.05) is 19.1 Å². The van der Waals surface area contributed by atoms with Gasteiger partial charge >= 0.3 is 0 Å². The van der Waals surface area contributed by atoms with Gasteiger partial charge in [0.25, 0.3) is 11.8 Å². The first kappa shape index (κ1) is 11.8. The molecule has 0 aromatic heterocycles. The summed E-state index contributed by atoms with van der Waals surface area (Å²) >= 11 is 0. The van der Waals surface area contributed by atoms with E-state index >= 15 is 0 Å². The van der Waals surface area contributed by atoms with Crippen molar-refractivity contribution >= 4 is 11.8 Å². The van der Waals surface area contributed by atoms with Crippen molar-refractivity contribution in [3.05, 3.63) is 35.4 Å². The Morgan fingerprint density at radius 3 is 2.06 bits per heavy atom. The topological polar surface area (TPSA) is 57.6 Å². The second kappa shape index (κ2) is 4.30. The minimum Gasteiger partial charge on any atom is -0.391 e. The van der Waals surface area contributed by atoms with Gasteiger partial charge in [0, 0.05) is 0 Å². The Morgan fingerprint density at radius 2 is 1.65 bits per heavy atom. The molecule has 0 fully saturated rings. The van der Waals surface area contributed by atoms with Crippen LogP contribution in [0.15, 0.2) is 24.3 Å². The monoisotopic (exact) mass is 233 g/mol. The van der Waals surface area contributed by atoms with Crippen LogP contribution in [-0.4, -0.2) is 34.0 Å². The Morgan fingerprint density at radius 1 is 1.18 bits per heavy atom. The van der Waals surface area contributed by atoms with Gasteiger partial charge in [-0.2, -0.15) is 0 Å². The maximum Gasteiger partial charge on any atom is 0.261 e. The number of imide groups is 1. The third kappa shape index (κ3) is 1.74. The lowest BCUT2D eigenvalue weighted by Gasteiger charge is -2.26. The lowest BCUT2D eigenvalue weighted by molar-refractivity contribution is 0.0371. The van der Waals surface area contributed by atoms with Crippen LogP contribution in [0, 0.1) is 0 Å². The molecule has 0 saturated heterocycles. The van der Waals surface area contributed by atoms with Gasteiger partial charge < -0.3 is 5.11 Å². The van der Waals surface area contributed by atoms with Gasteiger partial charge in [0.1, 0.15) is 0 Å². The molecule has 0 spiro atoms. The van der Waals surface area contributed by atoms with Crippen molar-refractivity contribution in [1.82, 2.24) is 4.90 Å². The summed E-state index contributed by atoms with van der Waals surface area (Å²) in [6.45, 7) is 3.51. The van der Waals surface area contributed by atoms with E-state index in [0.29, 0.717) is 17.5 Å². The fraction of sp³-hybridized carbons (Fsp3) is 0.385. The molecule has 4 nitrogen and oxygen atoms in total. The fourth-order valence-electron chi connectivity index (χ4n) is 2.09. The van der Waals surface area contributed by atoms with Crippen LogP contribution in [0.3, 0.4) is 0 Å². The minimum absolute atomic E-state index is 0.314. The zero-order valence-electron chi connectivity index (χ0n) is 9.88. The average Bonchev–Trinajstić information content (AvgIpc) is 2.61. The molecule has 0 unspecified atom stereocenters. The molecule has 0 bridgehead atoms. The van der Waals surface area contributed by atoms with Gasteiger partial charge in [0.15, 0.2) is 0 Å². The van der Waals surface area contributed by atoms with Gasteiger partial charge in [-0.05, 0) is 25.5 Å². The molecule has 0 radical (unpaired) electrons. The molecule has 17 heavy (non-hydrogen) atoms. The molecular formula is C13H15NO3. The summed E-state index contributed by atoms with van der Waals surface area (Å²) in [6, 6.07) is 6.25. The Bertz CT molecular complexity index is 434. The minimum atomic E-state index is -0.683. The Labute approximate surface area is 99.9 Å². The molecule has 0 aliphatic carbocycles. The van der Waals surface area contributed by atoms with Gasteiger partial charge in [0.2, 0.25) is 0 Å². The van der Waals surface area contributed by atoms with Crippen molar-refractivity contribution in [2.45, 2.75) is 32.4 Å². The number of carbonyl (C=O) groups is 2. The number of aliphatic hydroxyl groups excluding tert-OH is 1. The van der Waals surface area contributed by atoms with Crippen molar-refractivity contribution in [2.24, 2.45) is 0 Å². The second-order valence-electron chi connectivity index (χ2n) is 4.24. The third-order valence-corrected chi connectivity index (χ3v) is 3.21. The first-order chi connectivity index (χ1) is 8.07. The van der Waals surface area contributed by atoms with Crippen LogP contribution < -0.4 is 0 Å². The molecule has 1 heterocycles. The molecule has 4 heteroatoms. The molecule has 90 valence electrons. The fourth-order valence-corrected chi connectivity index (χ4v) is 2.09. The van der Waals surface area contributed by atoms with E-state index in [1.54, 1.807) is 31.2 Å². The summed E-state index contributed by atoms with van der Waals surface area (Å²) in [6.07, 6.45) is -0.175. The first-order valence-corrected chi connectivity index (χ1v) is 5.73. The number of amides is 2. The van der Waals surface area contributed by atoms with Gasteiger partial charge in [-0.3, -0.25) is 14.5 Å². The SMILES string of the molecule is CC[C@H](O)[C@H](C)N1C(=O)c2ccccc2C1=O.